The summed E-state index contributed by atoms with van der Waals surface area (Å²) in [4.78, 5) is 0.318. The Hall–Kier alpha value is -1.77. The van der Waals surface area contributed by atoms with Crippen LogP contribution in [-0.4, -0.2) is 39.5 Å². The Morgan fingerprint density at radius 1 is 0.962 bits per heavy atom. The number of piperidine rings is 1. The van der Waals surface area contributed by atoms with Crippen LogP contribution in [0.1, 0.15) is 18.4 Å². The first-order valence-corrected chi connectivity index (χ1v) is 11.3. The van der Waals surface area contributed by atoms with Crippen molar-refractivity contribution < 1.29 is 21.2 Å². The SMILES string of the molecule is Cc1cc(F)ccc1S(=O)(=O)N1CCC(S(=O)(=O)c2ccccc2)CC1. The van der Waals surface area contributed by atoms with Gasteiger partial charge in [-0.25, -0.2) is 21.2 Å². The first-order chi connectivity index (χ1) is 12.2. The molecule has 0 spiro atoms. The number of aryl methyl sites for hydroxylation is 1. The van der Waals surface area contributed by atoms with Crippen molar-refractivity contribution in [3.8, 4) is 0 Å². The lowest BCUT2D eigenvalue weighted by atomic mass is 10.2. The van der Waals surface area contributed by atoms with E-state index in [1.807, 2.05) is 0 Å². The lowest BCUT2D eigenvalue weighted by Crippen LogP contribution is -2.42. The fourth-order valence-electron chi connectivity index (χ4n) is 3.23. The standard InChI is InChI=1S/C18H20FNO4S2/c1-14-13-15(19)7-8-18(14)26(23,24)20-11-9-17(10-12-20)25(21,22)16-5-3-2-4-6-16/h2-8,13,17H,9-12H2,1H3. The van der Waals surface area contributed by atoms with Crippen molar-refractivity contribution >= 4 is 19.9 Å². The Morgan fingerprint density at radius 3 is 2.15 bits per heavy atom. The van der Waals surface area contributed by atoms with Crippen LogP contribution in [0.3, 0.4) is 0 Å². The molecule has 1 heterocycles. The van der Waals surface area contributed by atoms with Crippen LogP contribution in [0.5, 0.6) is 0 Å². The second-order valence-electron chi connectivity index (χ2n) is 6.37. The van der Waals surface area contributed by atoms with Crippen molar-refractivity contribution in [2.45, 2.75) is 34.8 Å². The number of rotatable bonds is 4. The quantitative estimate of drug-likeness (QED) is 0.795. The molecular weight excluding hydrogens is 377 g/mol. The largest absolute Gasteiger partial charge is 0.243 e. The Balaban J connectivity index is 1.78. The molecule has 0 bridgehead atoms. The van der Waals surface area contributed by atoms with Crippen LogP contribution in [0.15, 0.2) is 58.3 Å². The van der Waals surface area contributed by atoms with Crippen molar-refractivity contribution in [3.05, 3.63) is 59.9 Å². The molecule has 0 N–H and O–H groups in total. The highest BCUT2D eigenvalue weighted by atomic mass is 32.2. The lowest BCUT2D eigenvalue weighted by Gasteiger charge is -2.31. The van der Waals surface area contributed by atoms with E-state index in [0.29, 0.717) is 5.56 Å². The van der Waals surface area contributed by atoms with Gasteiger partial charge in [-0.1, -0.05) is 18.2 Å². The van der Waals surface area contributed by atoms with Crippen LogP contribution in [0.4, 0.5) is 4.39 Å². The van der Waals surface area contributed by atoms with E-state index < -0.39 is 30.9 Å². The summed E-state index contributed by atoms with van der Waals surface area (Å²) in [5.41, 5.74) is 0.337. The highest BCUT2D eigenvalue weighted by molar-refractivity contribution is 7.92. The van der Waals surface area contributed by atoms with Gasteiger partial charge in [0, 0.05) is 13.1 Å². The van der Waals surface area contributed by atoms with E-state index in [-0.39, 0.29) is 35.7 Å². The number of hydrogen-bond donors (Lipinski definition) is 0. The maximum absolute atomic E-state index is 13.2. The first kappa shape index (κ1) is 19.0. The number of sulfonamides is 1. The number of nitrogens with zero attached hydrogens (tertiary/aromatic N) is 1. The smallest absolute Gasteiger partial charge is 0.223 e. The average Bonchev–Trinajstić information content (AvgIpc) is 2.62. The minimum Gasteiger partial charge on any atom is -0.223 e. The zero-order valence-electron chi connectivity index (χ0n) is 14.3. The van der Waals surface area contributed by atoms with Gasteiger partial charge in [-0.2, -0.15) is 4.31 Å². The monoisotopic (exact) mass is 397 g/mol. The molecular formula is C18H20FNO4S2. The van der Waals surface area contributed by atoms with Crippen LogP contribution in [0.25, 0.3) is 0 Å². The molecule has 1 saturated heterocycles. The van der Waals surface area contributed by atoms with Gasteiger partial charge in [-0.05, 0) is 55.7 Å². The molecule has 140 valence electrons. The summed E-state index contributed by atoms with van der Waals surface area (Å²) < 4.78 is 65.5. The summed E-state index contributed by atoms with van der Waals surface area (Å²) in [6.07, 6.45) is 0.466. The molecule has 26 heavy (non-hydrogen) atoms. The highest BCUT2D eigenvalue weighted by Crippen LogP contribution is 2.28. The summed E-state index contributed by atoms with van der Waals surface area (Å²) >= 11 is 0. The first-order valence-electron chi connectivity index (χ1n) is 8.28. The predicted molar refractivity (Wildman–Crippen MR) is 96.5 cm³/mol. The fourth-order valence-corrected chi connectivity index (χ4v) is 6.66. The van der Waals surface area contributed by atoms with Crippen LogP contribution < -0.4 is 0 Å². The molecule has 0 radical (unpaired) electrons. The summed E-state index contributed by atoms with van der Waals surface area (Å²) in [6.45, 7) is 1.79. The van der Waals surface area contributed by atoms with Gasteiger partial charge in [-0.15, -0.1) is 0 Å². The van der Waals surface area contributed by atoms with Crippen molar-refractivity contribution in [1.29, 1.82) is 0 Å². The number of benzene rings is 2. The minimum atomic E-state index is -3.77. The third-order valence-corrected chi connectivity index (χ3v) is 9.00. The van der Waals surface area contributed by atoms with Gasteiger partial charge in [0.1, 0.15) is 5.82 Å². The van der Waals surface area contributed by atoms with Gasteiger partial charge in [0.25, 0.3) is 0 Å². The van der Waals surface area contributed by atoms with E-state index in [2.05, 4.69) is 0 Å². The van der Waals surface area contributed by atoms with Gasteiger partial charge in [-0.3, -0.25) is 0 Å². The molecule has 1 aliphatic rings. The molecule has 0 atom stereocenters. The van der Waals surface area contributed by atoms with Gasteiger partial charge in [0.15, 0.2) is 9.84 Å². The summed E-state index contributed by atoms with van der Waals surface area (Å²) in [7, 11) is -7.25. The summed E-state index contributed by atoms with van der Waals surface area (Å²) in [6, 6.07) is 11.8. The normalized spacial score (nSPS) is 17.3. The topological polar surface area (TPSA) is 71.5 Å². The van der Waals surface area contributed by atoms with Crippen LogP contribution in [0.2, 0.25) is 0 Å². The van der Waals surface area contributed by atoms with E-state index in [4.69, 9.17) is 0 Å². The Labute approximate surface area is 153 Å². The molecule has 0 aromatic heterocycles. The molecule has 0 saturated carbocycles. The van der Waals surface area contributed by atoms with Crippen molar-refractivity contribution in [2.75, 3.05) is 13.1 Å². The molecule has 1 fully saturated rings. The molecule has 0 aliphatic carbocycles. The minimum absolute atomic E-state index is 0.0586. The van der Waals surface area contributed by atoms with Crippen molar-refractivity contribution in [2.24, 2.45) is 0 Å². The van der Waals surface area contributed by atoms with Gasteiger partial charge < -0.3 is 0 Å². The molecule has 2 aromatic rings. The summed E-state index contributed by atoms with van der Waals surface area (Å²) in [5, 5.41) is -0.606. The Bertz CT molecular complexity index is 997. The maximum atomic E-state index is 13.2. The second-order valence-corrected chi connectivity index (χ2v) is 10.5. The van der Waals surface area contributed by atoms with E-state index in [1.165, 1.54) is 16.4 Å². The predicted octanol–water partition coefficient (Wildman–Crippen LogP) is 2.76. The third-order valence-electron chi connectivity index (χ3n) is 4.67. The van der Waals surface area contributed by atoms with E-state index in [9.17, 15) is 21.2 Å². The summed E-state index contributed by atoms with van der Waals surface area (Å²) in [5.74, 6) is -0.492. The molecule has 2 aromatic carbocycles. The van der Waals surface area contributed by atoms with Crippen LogP contribution in [-0.2, 0) is 19.9 Å². The Morgan fingerprint density at radius 2 is 1.58 bits per heavy atom. The number of sulfone groups is 1. The van der Waals surface area contributed by atoms with E-state index >= 15 is 0 Å². The lowest BCUT2D eigenvalue weighted by molar-refractivity contribution is 0.345. The zero-order valence-corrected chi connectivity index (χ0v) is 15.9. The van der Waals surface area contributed by atoms with Gasteiger partial charge in [0.2, 0.25) is 10.0 Å². The maximum Gasteiger partial charge on any atom is 0.243 e. The number of halogens is 1. The molecule has 1 aliphatic heterocycles. The van der Waals surface area contributed by atoms with Gasteiger partial charge in [0.05, 0.1) is 15.0 Å². The molecule has 5 nitrogen and oxygen atoms in total. The molecule has 8 heteroatoms. The Kier molecular flexibility index (Phi) is 5.18. The van der Waals surface area contributed by atoms with E-state index in [0.717, 1.165) is 6.07 Å². The fraction of sp³-hybridized carbons (Fsp3) is 0.333. The van der Waals surface area contributed by atoms with Crippen molar-refractivity contribution in [3.63, 3.8) is 0 Å². The molecule has 3 rings (SSSR count). The van der Waals surface area contributed by atoms with Crippen molar-refractivity contribution in [1.82, 2.24) is 4.31 Å². The van der Waals surface area contributed by atoms with Crippen LogP contribution >= 0.6 is 0 Å². The third kappa shape index (κ3) is 3.54. The number of hydrogen-bond acceptors (Lipinski definition) is 4. The van der Waals surface area contributed by atoms with E-state index in [1.54, 1.807) is 37.3 Å². The molecule has 0 amide bonds. The average molecular weight is 397 g/mol. The van der Waals surface area contributed by atoms with Gasteiger partial charge >= 0.3 is 0 Å². The highest BCUT2D eigenvalue weighted by Gasteiger charge is 2.36. The van der Waals surface area contributed by atoms with Crippen LogP contribution in [0, 0.1) is 12.7 Å². The molecule has 0 unspecified atom stereocenters. The second kappa shape index (κ2) is 7.09. The zero-order chi connectivity index (χ0) is 18.9.